The minimum atomic E-state index is -3.60. The van der Waals surface area contributed by atoms with Crippen LogP contribution in [0.25, 0.3) is 10.9 Å². The molecule has 0 aliphatic heterocycles. The fourth-order valence-corrected chi connectivity index (χ4v) is 5.56. The number of sulfone groups is 1. The lowest BCUT2D eigenvalue weighted by Crippen LogP contribution is -2.29. The van der Waals surface area contributed by atoms with Gasteiger partial charge in [-0.2, -0.15) is 0 Å². The Kier molecular flexibility index (Phi) is 5.89. The topological polar surface area (TPSA) is 59.4 Å². The Balaban J connectivity index is 1.69. The third-order valence-corrected chi connectivity index (χ3v) is 7.45. The zero-order valence-corrected chi connectivity index (χ0v) is 19.3. The molecule has 1 amide bonds. The van der Waals surface area contributed by atoms with Gasteiger partial charge in [0.05, 0.1) is 10.6 Å². The quantitative estimate of drug-likeness (QED) is 0.423. The molecule has 0 fully saturated rings. The van der Waals surface area contributed by atoms with Crippen molar-refractivity contribution in [2.75, 3.05) is 11.9 Å². The van der Waals surface area contributed by atoms with E-state index in [9.17, 15) is 13.2 Å². The van der Waals surface area contributed by atoms with Crippen LogP contribution < -0.4 is 4.90 Å². The molecule has 0 saturated carbocycles. The predicted molar refractivity (Wildman–Crippen MR) is 129 cm³/mol. The summed E-state index contributed by atoms with van der Waals surface area (Å²) in [4.78, 5) is 14.9. The van der Waals surface area contributed by atoms with Crippen LogP contribution in [0.4, 0.5) is 5.69 Å². The van der Waals surface area contributed by atoms with Crippen molar-refractivity contribution in [3.05, 3.63) is 95.7 Å². The highest BCUT2D eigenvalue weighted by atomic mass is 32.2. The van der Waals surface area contributed by atoms with Crippen molar-refractivity contribution in [2.24, 2.45) is 0 Å². The molecule has 0 bridgehead atoms. The van der Waals surface area contributed by atoms with Crippen LogP contribution in [0.1, 0.15) is 16.7 Å². The van der Waals surface area contributed by atoms with Crippen LogP contribution in [0.2, 0.25) is 0 Å². The fraction of sp³-hybridized carbons (Fsp3) is 0.192. The van der Waals surface area contributed by atoms with Crippen LogP contribution in [0.5, 0.6) is 0 Å². The highest BCUT2D eigenvalue weighted by Crippen LogP contribution is 2.29. The molecule has 0 spiro atoms. The largest absolute Gasteiger partial charge is 0.337 e. The monoisotopic (exact) mass is 446 g/mol. The second-order valence-electron chi connectivity index (χ2n) is 8.12. The summed E-state index contributed by atoms with van der Waals surface area (Å²) in [5.74, 6) is -0.204. The normalized spacial score (nSPS) is 11.6. The molecule has 0 aliphatic carbocycles. The van der Waals surface area contributed by atoms with E-state index in [1.165, 1.54) is 0 Å². The van der Waals surface area contributed by atoms with Crippen molar-refractivity contribution in [2.45, 2.75) is 31.0 Å². The molecule has 32 heavy (non-hydrogen) atoms. The number of aromatic nitrogens is 1. The number of rotatable bonds is 6. The molecule has 0 N–H and O–H groups in total. The molecule has 4 aromatic rings. The lowest BCUT2D eigenvalue weighted by molar-refractivity contribution is -0.118. The molecule has 0 aliphatic rings. The van der Waals surface area contributed by atoms with E-state index in [4.69, 9.17) is 0 Å². The van der Waals surface area contributed by atoms with Crippen LogP contribution in [0.15, 0.2) is 83.9 Å². The van der Waals surface area contributed by atoms with Crippen LogP contribution >= 0.6 is 0 Å². The molecule has 4 rings (SSSR count). The smallest absolute Gasteiger partial charge is 0.246 e. The Morgan fingerprint density at radius 1 is 0.938 bits per heavy atom. The van der Waals surface area contributed by atoms with Gasteiger partial charge in [-0.05, 0) is 48.7 Å². The number of amides is 1. The Bertz CT molecular complexity index is 1400. The van der Waals surface area contributed by atoms with Crippen molar-refractivity contribution in [3.8, 4) is 0 Å². The number of carbonyl (C=O) groups excluding carboxylic acids is 1. The van der Waals surface area contributed by atoms with Crippen LogP contribution in [0, 0.1) is 13.8 Å². The molecule has 164 valence electrons. The van der Waals surface area contributed by atoms with Gasteiger partial charge in [0.25, 0.3) is 0 Å². The summed E-state index contributed by atoms with van der Waals surface area (Å²) >= 11 is 0. The van der Waals surface area contributed by atoms with Crippen LogP contribution in [0.3, 0.4) is 0 Å². The Hall–Kier alpha value is -3.38. The average molecular weight is 447 g/mol. The molecular formula is C26H26N2O3S. The zero-order chi connectivity index (χ0) is 22.9. The second-order valence-corrected chi connectivity index (χ2v) is 10.1. The third kappa shape index (κ3) is 4.32. The molecule has 0 radical (unpaired) electrons. The number of aryl methyl sites for hydroxylation is 2. The summed E-state index contributed by atoms with van der Waals surface area (Å²) in [6, 6.07) is 22.5. The van der Waals surface area contributed by atoms with Gasteiger partial charge in [0.15, 0.2) is 9.84 Å². The summed E-state index contributed by atoms with van der Waals surface area (Å²) in [5, 5.41) is 0.632. The average Bonchev–Trinajstić information content (AvgIpc) is 3.14. The van der Waals surface area contributed by atoms with Gasteiger partial charge in [0, 0.05) is 29.8 Å². The van der Waals surface area contributed by atoms with E-state index in [1.54, 1.807) is 28.8 Å². The maximum atomic E-state index is 13.4. The maximum Gasteiger partial charge on any atom is 0.246 e. The molecular weight excluding hydrogens is 420 g/mol. The number of likely N-dealkylation sites (N-methyl/N-ethyl adjacent to an activating group) is 1. The summed E-state index contributed by atoms with van der Waals surface area (Å²) < 4.78 is 28.4. The van der Waals surface area contributed by atoms with Crippen molar-refractivity contribution in [1.29, 1.82) is 0 Å². The van der Waals surface area contributed by atoms with Crippen molar-refractivity contribution < 1.29 is 13.2 Å². The molecule has 5 nitrogen and oxygen atoms in total. The maximum absolute atomic E-state index is 13.4. The first-order valence-corrected chi connectivity index (χ1v) is 12.1. The predicted octanol–water partition coefficient (Wildman–Crippen LogP) is 4.90. The zero-order valence-electron chi connectivity index (χ0n) is 18.4. The number of anilines is 1. The highest BCUT2D eigenvalue weighted by Gasteiger charge is 2.23. The summed E-state index contributed by atoms with van der Waals surface area (Å²) in [6.07, 6.45) is 1.60. The van der Waals surface area contributed by atoms with Gasteiger partial charge in [-0.1, -0.05) is 54.6 Å². The van der Waals surface area contributed by atoms with Crippen LogP contribution in [-0.4, -0.2) is 25.9 Å². The summed E-state index contributed by atoms with van der Waals surface area (Å²) in [7, 11) is -1.87. The number of nitrogens with zero attached hydrogens (tertiary/aromatic N) is 2. The molecule has 6 heteroatoms. The number of benzene rings is 3. The number of carbonyl (C=O) groups is 1. The lowest BCUT2D eigenvalue weighted by atomic mass is 10.1. The number of fused-ring (bicyclic) bond motifs is 1. The lowest BCUT2D eigenvalue weighted by Gasteiger charge is -2.18. The van der Waals surface area contributed by atoms with Crippen LogP contribution in [-0.2, 0) is 26.9 Å². The number of hydrogen-bond donors (Lipinski definition) is 0. The van der Waals surface area contributed by atoms with Crippen molar-refractivity contribution in [1.82, 2.24) is 4.57 Å². The van der Waals surface area contributed by atoms with E-state index in [0.717, 1.165) is 27.9 Å². The molecule has 0 saturated heterocycles. The van der Waals surface area contributed by atoms with E-state index < -0.39 is 9.84 Å². The minimum absolute atomic E-state index is 0.0465. The highest BCUT2D eigenvalue weighted by molar-refractivity contribution is 7.90. The van der Waals surface area contributed by atoms with Gasteiger partial charge in [-0.15, -0.1) is 0 Å². The summed E-state index contributed by atoms with van der Waals surface area (Å²) in [5.41, 5.74) is 4.31. The second kappa shape index (κ2) is 8.63. The fourth-order valence-electron chi connectivity index (χ4n) is 3.88. The first-order chi connectivity index (χ1) is 15.3. The van der Waals surface area contributed by atoms with E-state index in [-0.39, 0.29) is 23.1 Å². The molecule has 0 unspecified atom stereocenters. The Morgan fingerprint density at radius 3 is 2.41 bits per heavy atom. The van der Waals surface area contributed by atoms with E-state index in [2.05, 4.69) is 0 Å². The van der Waals surface area contributed by atoms with E-state index in [0.29, 0.717) is 5.39 Å². The summed E-state index contributed by atoms with van der Waals surface area (Å²) in [6.45, 7) is 3.94. The number of para-hydroxylation sites is 1. The van der Waals surface area contributed by atoms with Crippen molar-refractivity contribution in [3.63, 3.8) is 0 Å². The van der Waals surface area contributed by atoms with Gasteiger partial charge in [0.1, 0.15) is 6.54 Å². The van der Waals surface area contributed by atoms with Gasteiger partial charge in [-0.3, -0.25) is 4.79 Å². The molecule has 1 heterocycles. The Labute approximate surface area is 188 Å². The van der Waals surface area contributed by atoms with Gasteiger partial charge >= 0.3 is 0 Å². The van der Waals surface area contributed by atoms with E-state index in [1.807, 2.05) is 80.6 Å². The Morgan fingerprint density at radius 2 is 1.66 bits per heavy atom. The standard InChI is InChI=1S/C26H26N2O3S/c1-19-9-8-12-22(15-19)27(3)26(29)17-28-16-25(23-13-6-7-14-24(23)28)32(30,31)18-21-11-5-4-10-20(21)2/h4-16H,17-18H2,1-3H3. The molecule has 0 atom stereocenters. The SMILES string of the molecule is Cc1cccc(N(C)C(=O)Cn2cc(S(=O)(=O)Cc3ccccc3C)c3ccccc32)c1. The van der Waals surface area contributed by atoms with Gasteiger partial charge in [-0.25, -0.2) is 8.42 Å². The minimum Gasteiger partial charge on any atom is -0.337 e. The molecule has 1 aromatic heterocycles. The first kappa shape index (κ1) is 21.8. The number of hydrogen-bond acceptors (Lipinski definition) is 3. The van der Waals surface area contributed by atoms with Crippen molar-refractivity contribution >= 4 is 32.3 Å². The third-order valence-electron chi connectivity index (χ3n) is 5.76. The van der Waals surface area contributed by atoms with Gasteiger partial charge < -0.3 is 9.47 Å². The first-order valence-electron chi connectivity index (χ1n) is 10.4. The van der Waals surface area contributed by atoms with Gasteiger partial charge in [0.2, 0.25) is 5.91 Å². The van der Waals surface area contributed by atoms with E-state index >= 15 is 0 Å². The molecule has 3 aromatic carbocycles.